The highest BCUT2D eigenvalue weighted by Crippen LogP contribution is 2.51. The first-order valence-electron chi connectivity index (χ1n) is 27.8. The van der Waals surface area contributed by atoms with Crippen molar-refractivity contribution < 1.29 is 29.7 Å². The molecule has 0 aliphatic carbocycles. The van der Waals surface area contributed by atoms with Crippen LogP contribution in [0.1, 0.15) is 290 Å². The maximum atomic E-state index is 13.3. The Bertz CT molecular complexity index is 1150. The number of carbonyl (C=O) groups excluding carboxylic acids is 3. The van der Waals surface area contributed by atoms with Crippen LogP contribution in [-0.2, 0) is 14.4 Å². The van der Waals surface area contributed by atoms with Crippen LogP contribution in [0.3, 0.4) is 0 Å². The van der Waals surface area contributed by atoms with Gasteiger partial charge in [-0.25, -0.2) is 0 Å². The minimum Gasteiger partial charge on any atom is -0.392 e. The normalized spacial score (nSPS) is 13.9. The van der Waals surface area contributed by atoms with Crippen LogP contribution in [0.2, 0.25) is 0 Å². The quantitative estimate of drug-likeness (QED) is 0.0312. The number of unbranched alkanes of at least 4 members (excludes halogenated alkanes) is 33. The molecule has 0 heterocycles. The van der Waals surface area contributed by atoms with Crippen LogP contribution in [0.25, 0.3) is 0 Å². The summed E-state index contributed by atoms with van der Waals surface area (Å²) in [5, 5.41) is 33.1. The van der Waals surface area contributed by atoms with E-state index in [0.29, 0.717) is 54.5 Å². The van der Waals surface area contributed by atoms with Crippen LogP contribution in [0.5, 0.6) is 0 Å². The largest absolute Gasteiger partial charge is 0.392 e. The zero-order chi connectivity index (χ0) is 48.5. The van der Waals surface area contributed by atoms with Gasteiger partial charge in [-0.15, -0.1) is 0 Å². The van der Waals surface area contributed by atoms with Crippen molar-refractivity contribution in [1.29, 1.82) is 0 Å². The van der Waals surface area contributed by atoms with E-state index in [9.17, 15) is 29.7 Å². The summed E-state index contributed by atoms with van der Waals surface area (Å²) in [6.45, 7) is 5.78. The van der Waals surface area contributed by atoms with Gasteiger partial charge in [0.1, 0.15) is 0 Å². The molecule has 0 rings (SSSR count). The predicted octanol–water partition coefficient (Wildman–Crippen LogP) is 18.2. The Morgan fingerprint density at radius 1 is 0.333 bits per heavy atom. The minimum atomic E-state index is -2.42. The van der Waals surface area contributed by atoms with E-state index in [2.05, 4.69) is 57.2 Å². The number of allylic oxidation sites excluding steroid dienone is 6. The molecule has 0 radical (unpaired) electrons. The first kappa shape index (κ1) is 65.2. The van der Waals surface area contributed by atoms with Gasteiger partial charge in [0.25, 0.3) is 0 Å². The lowest BCUT2D eigenvalue weighted by Gasteiger charge is -2.38. The lowest BCUT2D eigenvalue weighted by atomic mass is 10.1. The number of thioether (sulfide) groups is 3. The second-order valence-electron chi connectivity index (χ2n) is 18.9. The SMILES string of the molecule is CCCCCCCCC=CCCCCCCCC(=O)SC(O)(CO)C(O)(SC(=O)CCCCCCCC=CCCCCCCCC)SC(=O)CCCCCCCC=CCCCCCCCC. The van der Waals surface area contributed by atoms with Crippen molar-refractivity contribution in [2.75, 3.05) is 6.61 Å². The van der Waals surface area contributed by atoms with Crippen molar-refractivity contribution in [1.82, 2.24) is 0 Å². The molecule has 0 fully saturated rings. The number of hydrogen-bond acceptors (Lipinski definition) is 9. The van der Waals surface area contributed by atoms with Gasteiger partial charge in [-0.1, -0.05) is 211 Å². The molecular weight excluding hydrogens is 877 g/mol. The van der Waals surface area contributed by atoms with E-state index in [4.69, 9.17) is 0 Å². The third-order valence-corrected chi connectivity index (χ3v) is 16.5. The molecule has 0 aliphatic heterocycles. The minimum absolute atomic E-state index is 0.183. The predicted molar refractivity (Wildman–Crippen MR) is 293 cm³/mol. The van der Waals surface area contributed by atoms with Crippen LogP contribution in [0.4, 0.5) is 0 Å². The van der Waals surface area contributed by atoms with E-state index in [1.54, 1.807) is 0 Å². The molecule has 66 heavy (non-hydrogen) atoms. The summed E-state index contributed by atoms with van der Waals surface area (Å²) >= 11 is 1.48. The van der Waals surface area contributed by atoms with E-state index in [0.717, 1.165) is 116 Å². The Kier molecular flexibility index (Phi) is 48.5. The smallest absolute Gasteiger partial charge is 0.213 e. The summed E-state index contributed by atoms with van der Waals surface area (Å²) in [6.07, 6.45) is 59.1. The van der Waals surface area contributed by atoms with Gasteiger partial charge in [0, 0.05) is 19.3 Å². The molecule has 0 aliphatic rings. The number of rotatable bonds is 50. The Hall–Kier alpha value is -0.840. The second kappa shape index (κ2) is 49.2. The van der Waals surface area contributed by atoms with Gasteiger partial charge >= 0.3 is 0 Å². The van der Waals surface area contributed by atoms with Gasteiger partial charge in [0.05, 0.1) is 6.61 Å². The molecule has 0 aromatic heterocycles. The first-order chi connectivity index (χ1) is 32.2. The van der Waals surface area contributed by atoms with Crippen molar-refractivity contribution >= 4 is 50.6 Å². The van der Waals surface area contributed by atoms with Crippen molar-refractivity contribution in [3.05, 3.63) is 36.5 Å². The van der Waals surface area contributed by atoms with E-state index in [-0.39, 0.29) is 34.6 Å². The lowest BCUT2D eigenvalue weighted by molar-refractivity contribution is -0.113. The first-order valence-corrected chi connectivity index (χ1v) is 30.3. The van der Waals surface area contributed by atoms with Gasteiger partial charge in [-0.3, -0.25) is 14.4 Å². The Balaban J connectivity index is 4.91. The Morgan fingerprint density at radius 2 is 0.545 bits per heavy atom. The highest BCUT2D eigenvalue weighted by molar-refractivity contribution is 8.32. The summed E-state index contributed by atoms with van der Waals surface area (Å²) in [5.74, 6) is 0. The van der Waals surface area contributed by atoms with Crippen LogP contribution in [-0.4, -0.2) is 46.5 Å². The summed E-state index contributed by atoms with van der Waals surface area (Å²) in [4.78, 5) is 37.4. The molecule has 0 saturated heterocycles. The van der Waals surface area contributed by atoms with Crippen molar-refractivity contribution in [2.24, 2.45) is 0 Å². The van der Waals surface area contributed by atoms with Crippen molar-refractivity contribution in [2.45, 2.75) is 300 Å². The average molecular weight is 982 g/mol. The standard InChI is InChI=1S/C57H104O6S3/c1-4-7-10-13-16-19-22-25-28-31-34-37-40-43-46-49-53(59)64-56(62,52-58)57(63,65-54(60)50-47-44-41-38-35-32-29-26-23-20-17-14-11-8-5-2)66-55(61)51-48-45-42-39-36-33-30-27-24-21-18-15-12-9-6-3/h25-30,58,62-63H,4-24,31-52H2,1-3H3. The Labute approximate surface area is 420 Å². The van der Waals surface area contributed by atoms with Crippen LogP contribution in [0.15, 0.2) is 36.5 Å². The van der Waals surface area contributed by atoms with Crippen molar-refractivity contribution in [3.63, 3.8) is 0 Å². The molecule has 1 unspecified atom stereocenters. The van der Waals surface area contributed by atoms with E-state index in [1.807, 2.05) is 0 Å². The van der Waals surface area contributed by atoms with Gasteiger partial charge in [-0.2, -0.15) is 0 Å². The zero-order valence-corrected chi connectivity index (χ0v) is 45.6. The Morgan fingerprint density at radius 3 is 0.788 bits per heavy atom. The summed E-state index contributed by atoms with van der Waals surface area (Å²) in [6, 6.07) is 0. The fourth-order valence-electron chi connectivity index (χ4n) is 8.05. The van der Waals surface area contributed by atoms with Gasteiger partial charge in [0.2, 0.25) is 4.27 Å². The van der Waals surface area contributed by atoms with Crippen LogP contribution < -0.4 is 0 Å². The van der Waals surface area contributed by atoms with E-state index >= 15 is 0 Å². The van der Waals surface area contributed by atoms with Crippen molar-refractivity contribution in [3.8, 4) is 0 Å². The molecule has 0 aromatic rings. The highest BCUT2D eigenvalue weighted by atomic mass is 32.2. The van der Waals surface area contributed by atoms with Gasteiger partial charge < -0.3 is 15.3 Å². The average Bonchev–Trinajstić information content (AvgIpc) is 3.30. The maximum Gasteiger partial charge on any atom is 0.213 e. The highest BCUT2D eigenvalue weighted by Gasteiger charge is 2.55. The summed E-state index contributed by atoms with van der Waals surface area (Å²) in [7, 11) is 0. The fourth-order valence-corrected chi connectivity index (χ4v) is 11.6. The molecule has 386 valence electrons. The number of hydrogen-bond donors (Lipinski definition) is 3. The third kappa shape index (κ3) is 41.0. The van der Waals surface area contributed by atoms with Crippen LogP contribution >= 0.6 is 35.3 Å². The molecule has 1 atom stereocenters. The number of carbonyl (C=O) groups is 3. The van der Waals surface area contributed by atoms with Gasteiger partial charge in [-0.05, 0) is 132 Å². The lowest BCUT2D eigenvalue weighted by Crippen LogP contribution is -2.52. The summed E-state index contributed by atoms with van der Waals surface area (Å²) in [5.41, 5.74) is 0. The van der Waals surface area contributed by atoms with E-state index < -0.39 is 15.8 Å². The monoisotopic (exact) mass is 981 g/mol. The number of aliphatic hydroxyl groups excluding tert-OH is 1. The number of aliphatic hydroxyl groups is 3. The molecule has 0 spiro atoms. The molecule has 0 aromatic carbocycles. The maximum absolute atomic E-state index is 13.3. The second-order valence-corrected chi connectivity index (χ2v) is 23.0. The topological polar surface area (TPSA) is 112 Å². The molecule has 3 N–H and O–H groups in total. The molecule has 0 amide bonds. The zero-order valence-electron chi connectivity index (χ0n) is 43.2. The molecule has 6 nitrogen and oxygen atoms in total. The third-order valence-electron chi connectivity index (χ3n) is 12.4. The van der Waals surface area contributed by atoms with Gasteiger partial charge in [0.15, 0.2) is 20.3 Å². The summed E-state index contributed by atoms with van der Waals surface area (Å²) < 4.78 is -2.40. The molecule has 0 saturated carbocycles. The fraction of sp³-hybridized carbons (Fsp3) is 0.842. The van der Waals surface area contributed by atoms with E-state index in [1.165, 1.54) is 116 Å². The molecular formula is C57H104O6S3. The molecule has 9 heteroatoms. The molecule has 0 bridgehead atoms. The van der Waals surface area contributed by atoms with Crippen LogP contribution in [0, 0.1) is 0 Å².